The quantitative estimate of drug-likeness (QED) is 0.717. The normalized spacial score (nSPS) is 16.0. The van der Waals surface area contributed by atoms with Crippen molar-refractivity contribution in [2.75, 3.05) is 12.8 Å². The number of aromatic amines is 1. The third-order valence-corrected chi connectivity index (χ3v) is 5.50. The number of hydrogen-bond donors (Lipinski definition) is 2. The van der Waals surface area contributed by atoms with Crippen molar-refractivity contribution in [2.24, 2.45) is 0 Å². The van der Waals surface area contributed by atoms with E-state index >= 15 is 0 Å². The molecule has 0 bridgehead atoms. The van der Waals surface area contributed by atoms with Gasteiger partial charge in [-0.3, -0.25) is 0 Å². The van der Waals surface area contributed by atoms with E-state index in [4.69, 9.17) is 10.5 Å². The molecule has 0 radical (unpaired) electrons. The maximum Gasteiger partial charge on any atom is 0.180 e. The van der Waals surface area contributed by atoms with Crippen LogP contribution in [-0.4, -0.2) is 17.1 Å². The van der Waals surface area contributed by atoms with Gasteiger partial charge in [-0.2, -0.15) is 0 Å². The Labute approximate surface area is 139 Å². The molecule has 1 fully saturated rings. The van der Waals surface area contributed by atoms with Crippen LogP contribution in [0, 0.1) is 0 Å². The Morgan fingerprint density at radius 1 is 1.26 bits per heavy atom. The minimum absolute atomic E-state index is 0.583. The number of nitrogens with one attached hydrogen (secondary N) is 1. The van der Waals surface area contributed by atoms with Crippen LogP contribution in [0.1, 0.15) is 43.7 Å². The summed E-state index contributed by atoms with van der Waals surface area (Å²) >= 11 is 1.50. The minimum atomic E-state index is 0.583. The fourth-order valence-corrected chi connectivity index (χ4v) is 4.25. The molecule has 4 rings (SSSR count). The van der Waals surface area contributed by atoms with Crippen LogP contribution < -0.4 is 10.5 Å². The highest BCUT2D eigenvalue weighted by atomic mass is 32.1. The van der Waals surface area contributed by atoms with Crippen molar-refractivity contribution in [2.45, 2.75) is 38.0 Å². The highest BCUT2D eigenvalue weighted by molar-refractivity contribution is 7.13. The number of ether oxygens (including phenoxy) is 1. The predicted octanol–water partition coefficient (Wildman–Crippen LogP) is 4.93. The summed E-state index contributed by atoms with van der Waals surface area (Å²) in [6, 6.07) is 6.20. The van der Waals surface area contributed by atoms with E-state index in [0.29, 0.717) is 11.0 Å². The molecule has 23 heavy (non-hydrogen) atoms. The number of fused-ring (bicyclic) bond motifs is 1. The van der Waals surface area contributed by atoms with Crippen LogP contribution in [0.3, 0.4) is 0 Å². The molecule has 120 valence electrons. The molecule has 2 heterocycles. The van der Waals surface area contributed by atoms with Gasteiger partial charge in [-0.05, 0) is 37.0 Å². The SMILES string of the molecule is COc1ccc2[nH]c(C3CCCCC3)c(-c3csc(N)n3)c2c1. The van der Waals surface area contributed by atoms with E-state index in [1.165, 1.54) is 60.1 Å². The van der Waals surface area contributed by atoms with E-state index in [2.05, 4.69) is 27.5 Å². The standard InChI is InChI=1S/C18H21N3OS/c1-22-12-7-8-14-13(9-12)16(15-10-23-18(19)21-15)17(20-14)11-5-3-2-4-6-11/h7-11,20H,2-6H2,1H3,(H2,19,21). The molecule has 0 unspecified atom stereocenters. The van der Waals surface area contributed by atoms with Gasteiger partial charge >= 0.3 is 0 Å². The Balaban J connectivity index is 1.93. The van der Waals surface area contributed by atoms with E-state index in [1.54, 1.807) is 7.11 Å². The maximum absolute atomic E-state index is 5.89. The van der Waals surface area contributed by atoms with E-state index < -0.39 is 0 Å². The van der Waals surface area contributed by atoms with Crippen LogP contribution in [0.4, 0.5) is 5.13 Å². The highest BCUT2D eigenvalue weighted by Crippen LogP contribution is 2.42. The molecule has 4 nitrogen and oxygen atoms in total. The lowest BCUT2D eigenvalue weighted by Gasteiger charge is -2.21. The third-order valence-electron chi connectivity index (χ3n) is 4.83. The molecule has 5 heteroatoms. The molecule has 3 aromatic rings. The zero-order valence-corrected chi connectivity index (χ0v) is 14.1. The summed E-state index contributed by atoms with van der Waals surface area (Å²) in [5, 5.41) is 3.85. The number of rotatable bonds is 3. The topological polar surface area (TPSA) is 63.9 Å². The van der Waals surface area contributed by atoms with Crippen molar-refractivity contribution in [1.29, 1.82) is 0 Å². The lowest BCUT2D eigenvalue weighted by atomic mass is 9.85. The molecule has 2 aromatic heterocycles. The largest absolute Gasteiger partial charge is 0.497 e. The number of methoxy groups -OCH3 is 1. The fourth-order valence-electron chi connectivity index (χ4n) is 3.69. The first kappa shape index (κ1) is 14.6. The second-order valence-electron chi connectivity index (χ2n) is 6.23. The first-order chi connectivity index (χ1) is 11.3. The number of nitrogen functional groups attached to an aromatic ring is 1. The zero-order chi connectivity index (χ0) is 15.8. The second-order valence-corrected chi connectivity index (χ2v) is 7.12. The number of benzene rings is 1. The van der Waals surface area contributed by atoms with Crippen LogP contribution in [0.15, 0.2) is 23.6 Å². The summed E-state index contributed by atoms with van der Waals surface area (Å²) in [5.74, 6) is 1.45. The number of hydrogen-bond acceptors (Lipinski definition) is 4. The molecule has 0 atom stereocenters. The van der Waals surface area contributed by atoms with Gasteiger partial charge in [0.15, 0.2) is 5.13 Å². The molecular weight excluding hydrogens is 306 g/mol. The molecule has 0 aliphatic heterocycles. The van der Waals surface area contributed by atoms with Gasteiger partial charge in [-0.1, -0.05) is 19.3 Å². The van der Waals surface area contributed by atoms with Gasteiger partial charge in [-0.25, -0.2) is 4.98 Å². The fraction of sp³-hybridized carbons (Fsp3) is 0.389. The third kappa shape index (κ3) is 2.59. The smallest absolute Gasteiger partial charge is 0.180 e. The van der Waals surface area contributed by atoms with E-state index in [0.717, 1.165) is 17.0 Å². The Hall–Kier alpha value is -2.01. The van der Waals surface area contributed by atoms with Gasteiger partial charge in [-0.15, -0.1) is 11.3 Å². The Morgan fingerprint density at radius 3 is 2.78 bits per heavy atom. The number of nitrogens with two attached hydrogens (primary N) is 1. The maximum atomic E-state index is 5.89. The Morgan fingerprint density at radius 2 is 2.09 bits per heavy atom. The summed E-state index contributed by atoms with van der Waals surface area (Å²) in [5.41, 5.74) is 10.5. The Bertz CT molecular complexity index is 830. The van der Waals surface area contributed by atoms with Gasteiger partial charge in [0.1, 0.15) is 5.75 Å². The number of anilines is 1. The first-order valence-electron chi connectivity index (χ1n) is 8.17. The van der Waals surface area contributed by atoms with Gasteiger partial charge in [0, 0.05) is 27.5 Å². The molecular formula is C18H21N3OS. The van der Waals surface area contributed by atoms with Crippen LogP contribution >= 0.6 is 11.3 Å². The molecule has 0 saturated heterocycles. The van der Waals surface area contributed by atoms with Gasteiger partial charge < -0.3 is 15.5 Å². The predicted molar refractivity (Wildman–Crippen MR) is 96.2 cm³/mol. The molecule has 1 saturated carbocycles. The molecule has 1 aliphatic rings. The van der Waals surface area contributed by atoms with Crippen molar-refractivity contribution in [3.8, 4) is 17.0 Å². The second kappa shape index (κ2) is 5.89. The lowest BCUT2D eigenvalue weighted by Crippen LogP contribution is -2.06. The van der Waals surface area contributed by atoms with Crippen LogP contribution in [-0.2, 0) is 0 Å². The molecule has 1 aliphatic carbocycles. The van der Waals surface area contributed by atoms with Crippen molar-refractivity contribution in [1.82, 2.24) is 9.97 Å². The van der Waals surface area contributed by atoms with Gasteiger partial charge in [0.05, 0.1) is 12.8 Å². The van der Waals surface area contributed by atoms with Crippen LogP contribution in [0.2, 0.25) is 0 Å². The average Bonchev–Trinajstić information content (AvgIpc) is 3.18. The monoisotopic (exact) mass is 327 g/mol. The number of H-pyrrole nitrogens is 1. The average molecular weight is 327 g/mol. The Kier molecular flexibility index (Phi) is 3.73. The highest BCUT2D eigenvalue weighted by Gasteiger charge is 2.24. The minimum Gasteiger partial charge on any atom is -0.497 e. The van der Waals surface area contributed by atoms with Gasteiger partial charge in [0.2, 0.25) is 0 Å². The molecule has 0 spiro atoms. The van der Waals surface area contributed by atoms with E-state index in [9.17, 15) is 0 Å². The van der Waals surface area contributed by atoms with Crippen molar-refractivity contribution in [3.63, 3.8) is 0 Å². The number of aromatic nitrogens is 2. The first-order valence-corrected chi connectivity index (χ1v) is 9.05. The molecule has 0 amide bonds. The summed E-state index contributed by atoms with van der Waals surface area (Å²) in [6.45, 7) is 0. The van der Waals surface area contributed by atoms with E-state index in [1.807, 2.05) is 6.07 Å². The summed E-state index contributed by atoms with van der Waals surface area (Å²) < 4.78 is 5.42. The molecule has 1 aromatic carbocycles. The summed E-state index contributed by atoms with van der Waals surface area (Å²) in [6.07, 6.45) is 6.46. The van der Waals surface area contributed by atoms with Crippen molar-refractivity contribution in [3.05, 3.63) is 29.3 Å². The molecule has 3 N–H and O–H groups in total. The zero-order valence-electron chi connectivity index (χ0n) is 13.3. The van der Waals surface area contributed by atoms with E-state index in [-0.39, 0.29) is 0 Å². The van der Waals surface area contributed by atoms with Crippen LogP contribution in [0.25, 0.3) is 22.2 Å². The summed E-state index contributed by atoms with van der Waals surface area (Å²) in [4.78, 5) is 8.21. The number of thiazole rings is 1. The van der Waals surface area contributed by atoms with Crippen LogP contribution in [0.5, 0.6) is 5.75 Å². The van der Waals surface area contributed by atoms with Gasteiger partial charge in [0.25, 0.3) is 0 Å². The van der Waals surface area contributed by atoms with Crippen molar-refractivity contribution < 1.29 is 4.74 Å². The lowest BCUT2D eigenvalue weighted by molar-refractivity contribution is 0.415. The summed E-state index contributed by atoms with van der Waals surface area (Å²) in [7, 11) is 1.70. The van der Waals surface area contributed by atoms with Crippen molar-refractivity contribution >= 4 is 27.4 Å². The number of nitrogens with zero attached hydrogens (tertiary/aromatic N) is 1.